The summed E-state index contributed by atoms with van der Waals surface area (Å²) in [5.41, 5.74) is 1.46. The Hall–Kier alpha value is -3.63. The van der Waals surface area contributed by atoms with E-state index in [0.29, 0.717) is 30.0 Å². The highest BCUT2D eigenvalue weighted by atomic mass is 19.4. The van der Waals surface area contributed by atoms with Gasteiger partial charge in [0.25, 0.3) is 5.91 Å². The zero-order chi connectivity index (χ0) is 22.0. The van der Waals surface area contributed by atoms with Gasteiger partial charge in [0.15, 0.2) is 6.39 Å². The van der Waals surface area contributed by atoms with Crippen LogP contribution in [0.4, 0.5) is 13.2 Å². The second-order valence-electron chi connectivity index (χ2n) is 8.08. The molecule has 1 amide bonds. The third-order valence-electron chi connectivity index (χ3n) is 6.05. The molecule has 1 atom stereocenters. The molecule has 1 fully saturated rings. The maximum Gasteiger partial charge on any atom is 0.418 e. The molecule has 0 spiro atoms. The third kappa shape index (κ3) is 2.91. The van der Waals surface area contributed by atoms with Crippen molar-refractivity contribution in [3.05, 3.63) is 71.2 Å². The molecule has 1 saturated carbocycles. The van der Waals surface area contributed by atoms with Gasteiger partial charge >= 0.3 is 6.18 Å². The minimum Gasteiger partial charge on any atom is -0.438 e. The minimum atomic E-state index is -4.53. The summed E-state index contributed by atoms with van der Waals surface area (Å²) in [6.45, 7) is 0.337. The van der Waals surface area contributed by atoms with Gasteiger partial charge in [-0.2, -0.15) is 18.3 Å². The van der Waals surface area contributed by atoms with Crippen LogP contribution >= 0.6 is 0 Å². The summed E-state index contributed by atoms with van der Waals surface area (Å²) >= 11 is 0. The standard InChI is InChI=1S/C21H17F3N6O2/c22-21(23,24)12-2-1-6-30-15(12)8-14(28-30)18-17-13(25-9-26-17)5-7-29(18)20(31)19-16(11-3-4-11)27-10-32-19/h1-2,6,8-11,18H,3-5,7H2,(H,25,26)/t18-/m0/s1. The fourth-order valence-electron chi connectivity index (χ4n) is 4.40. The monoisotopic (exact) mass is 442 g/mol. The van der Waals surface area contributed by atoms with Gasteiger partial charge in [0.1, 0.15) is 6.04 Å². The van der Waals surface area contributed by atoms with Crippen molar-refractivity contribution < 1.29 is 22.4 Å². The number of aromatic amines is 1. The smallest absolute Gasteiger partial charge is 0.418 e. The second kappa shape index (κ2) is 6.68. The van der Waals surface area contributed by atoms with Gasteiger partial charge in [0.2, 0.25) is 5.76 Å². The summed E-state index contributed by atoms with van der Waals surface area (Å²) in [7, 11) is 0. The fourth-order valence-corrected chi connectivity index (χ4v) is 4.40. The molecule has 164 valence electrons. The van der Waals surface area contributed by atoms with Crippen LogP contribution in [-0.2, 0) is 12.6 Å². The maximum absolute atomic E-state index is 13.5. The highest BCUT2D eigenvalue weighted by molar-refractivity contribution is 5.93. The zero-order valence-electron chi connectivity index (χ0n) is 16.6. The Balaban J connectivity index is 1.47. The number of fused-ring (bicyclic) bond motifs is 2. The second-order valence-corrected chi connectivity index (χ2v) is 8.08. The van der Waals surface area contributed by atoms with Crippen LogP contribution in [0.1, 0.15) is 63.7 Å². The predicted molar refractivity (Wildman–Crippen MR) is 104 cm³/mol. The number of oxazole rings is 1. The Morgan fingerprint density at radius 3 is 2.84 bits per heavy atom. The van der Waals surface area contributed by atoms with E-state index >= 15 is 0 Å². The van der Waals surface area contributed by atoms with Crippen LogP contribution in [0.5, 0.6) is 0 Å². The summed E-state index contributed by atoms with van der Waals surface area (Å²) in [4.78, 5) is 26.7. The van der Waals surface area contributed by atoms with E-state index in [2.05, 4.69) is 20.1 Å². The van der Waals surface area contributed by atoms with Gasteiger partial charge < -0.3 is 14.3 Å². The summed E-state index contributed by atoms with van der Waals surface area (Å²) in [5.74, 6) is 0.0220. The van der Waals surface area contributed by atoms with Crippen LogP contribution < -0.4 is 0 Å². The molecule has 6 rings (SSSR count). The SMILES string of the molecule is O=C(c1ocnc1C1CC1)N1CCc2[nH]cnc2[C@@H]1c1cc2c(C(F)(F)F)cccn2n1. The van der Waals surface area contributed by atoms with Crippen LogP contribution in [0.15, 0.2) is 41.5 Å². The van der Waals surface area contributed by atoms with E-state index in [9.17, 15) is 18.0 Å². The molecule has 11 heteroatoms. The van der Waals surface area contributed by atoms with Crippen molar-refractivity contribution in [2.75, 3.05) is 6.54 Å². The number of nitrogens with one attached hydrogen (secondary N) is 1. The van der Waals surface area contributed by atoms with Crippen LogP contribution in [0.2, 0.25) is 0 Å². The Bertz CT molecular complexity index is 1330. The fraction of sp³-hybridized carbons (Fsp3) is 0.333. The Morgan fingerprint density at radius 1 is 1.22 bits per heavy atom. The first-order chi connectivity index (χ1) is 15.4. The Labute approximate surface area is 179 Å². The number of carbonyl (C=O) groups is 1. The third-order valence-corrected chi connectivity index (χ3v) is 6.05. The van der Waals surface area contributed by atoms with Gasteiger partial charge in [-0.3, -0.25) is 4.79 Å². The number of aromatic nitrogens is 5. The summed E-state index contributed by atoms with van der Waals surface area (Å²) in [6, 6.07) is 2.93. The molecule has 2 aliphatic rings. The maximum atomic E-state index is 13.5. The van der Waals surface area contributed by atoms with E-state index in [1.54, 1.807) is 4.90 Å². The van der Waals surface area contributed by atoms with E-state index in [1.807, 2.05) is 0 Å². The number of rotatable bonds is 3. The van der Waals surface area contributed by atoms with Crippen molar-refractivity contribution >= 4 is 11.4 Å². The molecule has 0 radical (unpaired) electrons. The molecule has 0 unspecified atom stereocenters. The lowest BCUT2D eigenvalue weighted by molar-refractivity contribution is -0.136. The number of halogens is 3. The molecular weight excluding hydrogens is 425 g/mol. The number of amides is 1. The number of imidazole rings is 1. The molecule has 1 aliphatic heterocycles. The molecular formula is C21H17F3N6O2. The van der Waals surface area contributed by atoms with Crippen LogP contribution in [0.3, 0.4) is 0 Å². The molecule has 5 heterocycles. The summed E-state index contributed by atoms with van der Waals surface area (Å²) in [6.07, 6.45) is 2.14. The van der Waals surface area contributed by atoms with Gasteiger partial charge in [-0.25, -0.2) is 14.5 Å². The lowest BCUT2D eigenvalue weighted by Gasteiger charge is -2.33. The quantitative estimate of drug-likeness (QED) is 0.522. The predicted octanol–water partition coefficient (Wildman–Crippen LogP) is 3.73. The Morgan fingerprint density at radius 2 is 2.06 bits per heavy atom. The number of hydrogen-bond donors (Lipinski definition) is 1. The van der Waals surface area contributed by atoms with Crippen LogP contribution in [0.25, 0.3) is 5.52 Å². The summed E-state index contributed by atoms with van der Waals surface area (Å²) < 4.78 is 47.2. The van der Waals surface area contributed by atoms with Gasteiger partial charge in [-0.15, -0.1) is 0 Å². The molecule has 1 aliphatic carbocycles. The van der Waals surface area contributed by atoms with Crippen LogP contribution in [0, 0.1) is 0 Å². The van der Waals surface area contributed by atoms with Gasteiger partial charge in [-0.05, 0) is 31.0 Å². The molecule has 1 N–H and O–H groups in total. The lowest BCUT2D eigenvalue weighted by atomic mass is 9.98. The zero-order valence-corrected chi connectivity index (χ0v) is 16.6. The molecule has 0 aromatic carbocycles. The van der Waals surface area contributed by atoms with Crippen molar-refractivity contribution in [2.45, 2.75) is 37.4 Å². The first kappa shape index (κ1) is 19.1. The number of nitrogens with zero attached hydrogens (tertiary/aromatic N) is 5. The topological polar surface area (TPSA) is 92.3 Å². The van der Waals surface area contributed by atoms with E-state index in [-0.39, 0.29) is 23.1 Å². The summed E-state index contributed by atoms with van der Waals surface area (Å²) in [5, 5.41) is 4.40. The average molecular weight is 442 g/mol. The number of H-pyrrole nitrogens is 1. The van der Waals surface area contributed by atoms with Crippen molar-refractivity contribution in [3.8, 4) is 0 Å². The first-order valence-electron chi connectivity index (χ1n) is 10.2. The highest BCUT2D eigenvalue weighted by Crippen LogP contribution is 2.42. The molecule has 4 aromatic heterocycles. The van der Waals surface area contributed by atoms with Crippen molar-refractivity contribution in [1.29, 1.82) is 0 Å². The van der Waals surface area contributed by atoms with Gasteiger partial charge in [-0.1, -0.05) is 0 Å². The van der Waals surface area contributed by atoms with Crippen LogP contribution in [-0.4, -0.2) is 41.9 Å². The molecule has 32 heavy (non-hydrogen) atoms. The first-order valence-corrected chi connectivity index (χ1v) is 10.2. The molecule has 0 bridgehead atoms. The number of hydrogen-bond acceptors (Lipinski definition) is 5. The van der Waals surface area contributed by atoms with Gasteiger partial charge in [0, 0.05) is 30.8 Å². The van der Waals surface area contributed by atoms with Crippen molar-refractivity contribution in [2.24, 2.45) is 0 Å². The van der Waals surface area contributed by atoms with Gasteiger partial charge in [0.05, 0.1) is 34.5 Å². The van der Waals surface area contributed by atoms with E-state index in [4.69, 9.17) is 4.42 Å². The normalized spacial score (nSPS) is 18.8. The Kier molecular flexibility index (Phi) is 3.99. The molecule has 4 aromatic rings. The van der Waals surface area contributed by atoms with E-state index < -0.39 is 17.8 Å². The average Bonchev–Trinajstić information content (AvgIpc) is 3.18. The number of alkyl halides is 3. The van der Waals surface area contributed by atoms with E-state index in [0.717, 1.165) is 24.6 Å². The lowest BCUT2D eigenvalue weighted by Crippen LogP contribution is -2.41. The van der Waals surface area contributed by atoms with Crippen molar-refractivity contribution in [3.63, 3.8) is 0 Å². The number of pyridine rings is 1. The highest BCUT2D eigenvalue weighted by Gasteiger charge is 2.41. The largest absolute Gasteiger partial charge is 0.438 e. The van der Waals surface area contributed by atoms with Crippen molar-refractivity contribution in [1.82, 2.24) is 29.5 Å². The number of carbonyl (C=O) groups excluding carboxylic acids is 1. The van der Waals surface area contributed by atoms with E-state index in [1.165, 1.54) is 35.6 Å². The minimum absolute atomic E-state index is 0.0802. The molecule has 8 nitrogen and oxygen atoms in total. The molecule has 0 saturated heterocycles.